The molecule has 18 heavy (non-hydrogen) atoms. The first kappa shape index (κ1) is 12.8. The lowest BCUT2D eigenvalue weighted by Crippen LogP contribution is -2.14. The van der Waals surface area contributed by atoms with Crippen LogP contribution in [0.1, 0.15) is 22.8 Å². The Morgan fingerprint density at radius 1 is 0.944 bits per heavy atom. The molecule has 0 aliphatic carbocycles. The number of hydrogen-bond acceptors (Lipinski definition) is 2. The molecule has 0 fully saturated rings. The van der Waals surface area contributed by atoms with Crippen molar-refractivity contribution in [1.82, 2.24) is 4.90 Å². The van der Waals surface area contributed by atoms with Gasteiger partial charge in [0.15, 0.2) is 0 Å². The van der Waals surface area contributed by atoms with Crippen LogP contribution in [0.3, 0.4) is 0 Å². The Morgan fingerprint density at radius 3 is 2.22 bits per heavy atom. The first-order valence-electron chi connectivity index (χ1n) is 6.14. The summed E-state index contributed by atoms with van der Waals surface area (Å²) in [4.78, 5) is 2.11. The number of benzene rings is 2. The second kappa shape index (κ2) is 5.80. The zero-order valence-corrected chi connectivity index (χ0v) is 10.9. The minimum absolute atomic E-state index is 0.553. The molecule has 0 radical (unpaired) electrons. The lowest BCUT2D eigenvalue weighted by atomic mass is 9.96. The molecular formula is C16H19NO. The van der Waals surface area contributed by atoms with Crippen molar-refractivity contribution in [3.63, 3.8) is 0 Å². The molecule has 0 heterocycles. The van der Waals surface area contributed by atoms with Gasteiger partial charge in [0.25, 0.3) is 0 Å². The maximum atomic E-state index is 10.5. The SMILES string of the molecule is CN(C)Cc1ccccc1[C@H](O)c1ccccc1. The Bertz CT molecular complexity index is 493. The fraction of sp³-hybridized carbons (Fsp3) is 0.250. The van der Waals surface area contributed by atoms with E-state index < -0.39 is 6.10 Å². The molecule has 0 saturated heterocycles. The average Bonchev–Trinajstić information content (AvgIpc) is 2.39. The third kappa shape index (κ3) is 2.97. The van der Waals surface area contributed by atoms with Gasteiger partial charge in [-0.05, 0) is 30.8 Å². The molecule has 0 bridgehead atoms. The standard InChI is InChI=1S/C16H19NO/c1-17(2)12-14-10-6-7-11-15(14)16(18)13-8-4-3-5-9-13/h3-11,16,18H,12H2,1-2H3/t16-/m1/s1. The summed E-state index contributed by atoms with van der Waals surface area (Å²) in [5.74, 6) is 0. The Kier molecular flexibility index (Phi) is 4.13. The largest absolute Gasteiger partial charge is 0.384 e. The van der Waals surface area contributed by atoms with Crippen molar-refractivity contribution in [3.05, 3.63) is 71.3 Å². The molecule has 2 aromatic rings. The maximum absolute atomic E-state index is 10.5. The van der Waals surface area contributed by atoms with Gasteiger partial charge in [-0.2, -0.15) is 0 Å². The van der Waals surface area contributed by atoms with E-state index in [1.165, 1.54) is 5.56 Å². The van der Waals surface area contributed by atoms with Gasteiger partial charge in [0.05, 0.1) is 0 Å². The smallest absolute Gasteiger partial charge is 0.104 e. The number of nitrogens with zero attached hydrogens (tertiary/aromatic N) is 1. The van der Waals surface area contributed by atoms with E-state index in [0.717, 1.165) is 17.7 Å². The molecule has 2 heteroatoms. The van der Waals surface area contributed by atoms with Gasteiger partial charge in [-0.15, -0.1) is 0 Å². The van der Waals surface area contributed by atoms with E-state index in [1.54, 1.807) is 0 Å². The Labute approximate surface area is 109 Å². The van der Waals surface area contributed by atoms with Gasteiger partial charge < -0.3 is 10.0 Å². The number of aliphatic hydroxyl groups is 1. The van der Waals surface area contributed by atoms with Crippen molar-refractivity contribution in [2.24, 2.45) is 0 Å². The van der Waals surface area contributed by atoms with Crippen LogP contribution >= 0.6 is 0 Å². The third-order valence-electron chi connectivity index (χ3n) is 2.95. The van der Waals surface area contributed by atoms with Gasteiger partial charge in [-0.3, -0.25) is 0 Å². The Hall–Kier alpha value is -1.64. The highest BCUT2D eigenvalue weighted by molar-refractivity contribution is 5.35. The summed E-state index contributed by atoms with van der Waals surface area (Å²) in [5, 5.41) is 10.5. The zero-order valence-electron chi connectivity index (χ0n) is 10.9. The van der Waals surface area contributed by atoms with Gasteiger partial charge in [-0.1, -0.05) is 54.6 Å². The summed E-state index contributed by atoms with van der Waals surface area (Å²) in [6, 6.07) is 17.8. The van der Waals surface area contributed by atoms with Crippen molar-refractivity contribution in [2.45, 2.75) is 12.6 Å². The number of aliphatic hydroxyl groups excluding tert-OH is 1. The van der Waals surface area contributed by atoms with Gasteiger partial charge in [0, 0.05) is 6.54 Å². The van der Waals surface area contributed by atoms with Crippen molar-refractivity contribution in [2.75, 3.05) is 14.1 Å². The zero-order chi connectivity index (χ0) is 13.0. The molecule has 2 rings (SSSR count). The summed E-state index contributed by atoms with van der Waals surface area (Å²) >= 11 is 0. The average molecular weight is 241 g/mol. The van der Waals surface area contributed by atoms with Crippen molar-refractivity contribution in [3.8, 4) is 0 Å². The molecule has 1 atom stereocenters. The second-order valence-corrected chi connectivity index (χ2v) is 4.75. The van der Waals surface area contributed by atoms with E-state index in [2.05, 4.69) is 11.0 Å². The molecule has 2 nitrogen and oxygen atoms in total. The van der Waals surface area contributed by atoms with Gasteiger partial charge >= 0.3 is 0 Å². The molecule has 0 aliphatic rings. The van der Waals surface area contributed by atoms with E-state index in [1.807, 2.05) is 62.6 Å². The number of rotatable bonds is 4. The van der Waals surface area contributed by atoms with Crippen LogP contribution in [0.4, 0.5) is 0 Å². The fourth-order valence-electron chi connectivity index (χ4n) is 2.10. The van der Waals surface area contributed by atoms with Crippen LogP contribution in [0.25, 0.3) is 0 Å². The topological polar surface area (TPSA) is 23.5 Å². The molecule has 0 amide bonds. The lowest BCUT2D eigenvalue weighted by molar-refractivity contribution is 0.217. The van der Waals surface area contributed by atoms with E-state index in [-0.39, 0.29) is 0 Å². The summed E-state index contributed by atoms with van der Waals surface area (Å²) in [6.45, 7) is 0.833. The summed E-state index contributed by atoms with van der Waals surface area (Å²) in [5.41, 5.74) is 3.08. The van der Waals surface area contributed by atoms with Crippen LogP contribution in [0.15, 0.2) is 54.6 Å². The van der Waals surface area contributed by atoms with E-state index >= 15 is 0 Å². The van der Waals surface area contributed by atoms with E-state index in [4.69, 9.17) is 0 Å². The molecule has 0 aromatic heterocycles. The van der Waals surface area contributed by atoms with Crippen molar-refractivity contribution < 1.29 is 5.11 Å². The van der Waals surface area contributed by atoms with Crippen LogP contribution in [-0.4, -0.2) is 24.1 Å². The summed E-state index contributed by atoms with van der Waals surface area (Å²) in [6.07, 6.45) is -0.553. The Balaban J connectivity index is 2.33. The van der Waals surface area contributed by atoms with Crippen LogP contribution in [0.2, 0.25) is 0 Å². The maximum Gasteiger partial charge on any atom is 0.104 e. The minimum atomic E-state index is -0.553. The van der Waals surface area contributed by atoms with E-state index in [0.29, 0.717) is 0 Å². The third-order valence-corrected chi connectivity index (χ3v) is 2.95. The summed E-state index contributed by atoms with van der Waals surface area (Å²) in [7, 11) is 4.07. The van der Waals surface area contributed by atoms with Crippen LogP contribution in [0, 0.1) is 0 Å². The Morgan fingerprint density at radius 2 is 1.56 bits per heavy atom. The molecule has 0 spiro atoms. The first-order chi connectivity index (χ1) is 8.68. The van der Waals surface area contributed by atoms with Gasteiger partial charge in [-0.25, -0.2) is 0 Å². The molecule has 2 aromatic carbocycles. The summed E-state index contributed by atoms with van der Waals surface area (Å²) < 4.78 is 0. The second-order valence-electron chi connectivity index (χ2n) is 4.75. The molecule has 94 valence electrons. The monoisotopic (exact) mass is 241 g/mol. The lowest BCUT2D eigenvalue weighted by Gasteiger charge is -2.18. The highest BCUT2D eigenvalue weighted by atomic mass is 16.3. The highest BCUT2D eigenvalue weighted by Gasteiger charge is 2.13. The molecular weight excluding hydrogens is 222 g/mol. The highest BCUT2D eigenvalue weighted by Crippen LogP contribution is 2.25. The molecule has 1 N–H and O–H groups in total. The minimum Gasteiger partial charge on any atom is -0.384 e. The van der Waals surface area contributed by atoms with Crippen LogP contribution in [-0.2, 0) is 6.54 Å². The predicted molar refractivity (Wildman–Crippen MR) is 74.3 cm³/mol. The van der Waals surface area contributed by atoms with Crippen LogP contribution in [0.5, 0.6) is 0 Å². The first-order valence-corrected chi connectivity index (χ1v) is 6.14. The van der Waals surface area contributed by atoms with Gasteiger partial charge in [0.2, 0.25) is 0 Å². The quantitative estimate of drug-likeness (QED) is 0.889. The van der Waals surface area contributed by atoms with Crippen LogP contribution < -0.4 is 0 Å². The van der Waals surface area contributed by atoms with E-state index in [9.17, 15) is 5.11 Å². The fourth-order valence-corrected chi connectivity index (χ4v) is 2.10. The van der Waals surface area contributed by atoms with Gasteiger partial charge in [0.1, 0.15) is 6.10 Å². The van der Waals surface area contributed by atoms with Crippen molar-refractivity contribution >= 4 is 0 Å². The molecule has 0 unspecified atom stereocenters. The normalized spacial score (nSPS) is 12.7. The molecule has 0 aliphatic heterocycles. The number of hydrogen-bond donors (Lipinski definition) is 1. The predicted octanol–water partition coefficient (Wildman–Crippen LogP) is 2.83. The molecule has 0 saturated carbocycles. The van der Waals surface area contributed by atoms with Crippen molar-refractivity contribution in [1.29, 1.82) is 0 Å².